The highest BCUT2D eigenvalue weighted by Crippen LogP contribution is 2.63. The average Bonchev–Trinajstić information content (AvgIpc) is 3.79. The van der Waals surface area contributed by atoms with Gasteiger partial charge in [0.2, 0.25) is 0 Å². The van der Waals surface area contributed by atoms with Gasteiger partial charge in [-0.3, -0.25) is 0 Å². The third-order valence-corrected chi connectivity index (χ3v) is 15.3. The Bertz CT molecular complexity index is 2170. The standard InChI is InChI=1S/C49H63N5O8/c50-48-53-45(36-16-18-49(62,27-58)47(61)46(36)54-48)39(25-41(59)60)44(52-40-9-4-19-51-40)35-15-14-33-34-13-12-30(8-3-1-2-6-29(26-57)7-5-20-55)42(43(34)35)38-24-32-22-28(17-21-56)10-11-31(32)23-37(33)38/h4,9-13,19,21-26,29-30,33-36,42-47,51-52,55,58,61-62H,1-3,5-8,14-18,20,27H2,(H,59,60)(H3,50,53,54)/b39-25-/t29-,30+,33-,34-,35-,36+,42+,43-,44+,45-,46-,47-,49-/m0/s1. The van der Waals surface area contributed by atoms with Gasteiger partial charge in [0.25, 0.3) is 0 Å². The quantitative estimate of drug-likeness (QED) is 0.0334. The summed E-state index contributed by atoms with van der Waals surface area (Å²) in [5.41, 5.74) is 8.93. The molecule has 0 saturated heterocycles. The van der Waals surface area contributed by atoms with Crippen LogP contribution in [0.5, 0.6) is 0 Å². The van der Waals surface area contributed by atoms with Gasteiger partial charge in [-0.1, -0.05) is 61.7 Å². The van der Waals surface area contributed by atoms with E-state index in [4.69, 9.17) is 10.7 Å². The zero-order valence-corrected chi connectivity index (χ0v) is 35.3. The summed E-state index contributed by atoms with van der Waals surface area (Å²) in [7, 11) is 0. The predicted molar refractivity (Wildman–Crippen MR) is 238 cm³/mol. The first-order valence-corrected chi connectivity index (χ1v) is 22.8. The number of hydrogen-bond donors (Lipinski definition) is 9. The molecule has 2 saturated carbocycles. The zero-order chi connectivity index (χ0) is 43.5. The van der Waals surface area contributed by atoms with Crippen LogP contribution in [0.3, 0.4) is 0 Å². The van der Waals surface area contributed by atoms with Gasteiger partial charge in [-0.15, -0.1) is 0 Å². The van der Waals surface area contributed by atoms with Crippen LogP contribution >= 0.6 is 0 Å². The highest BCUT2D eigenvalue weighted by molar-refractivity contribution is 5.86. The van der Waals surface area contributed by atoms with Gasteiger partial charge in [-0.05, 0) is 132 Å². The summed E-state index contributed by atoms with van der Waals surface area (Å²) in [5.74, 6) is 0.0241. The van der Waals surface area contributed by atoms with Crippen molar-refractivity contribution in [2.75, 3.05) is 18.5 Å². The van der Waals surface area contributed by atoms with Crippen molar-refractivity contribution in [1.82, 2.24) is 10.3 Å². The Hall–Kier alpha value is -4.82. The van der Waals surface area contributed by atoms with Crippen LogP contribution in [0.4, 0.5) is 5.82 Å². The maximum absolute atomic E-state index is 13.0. The minimum atomic E-state index is -1.74. The van der Waals surface area contributed by atoms with E-state index in [-0.39, 0.29) is 60.4 Å². The molecule has 0 amide bonds. The number of nitrogens with two attached hydrogens (primary N) is 1. The second kappa shape index (κ2) is 18.9. The number of allylic oxidation sites excluding steroid dienone is 2. The minimum absolute atomic E-state index is 0.0372. The van der Waals surface area contributed by atoms with Crippen molar-refractivity contribution < 1.29 is 39.9 Å². The van der Waals surface area contributed by atoms with Crippen LogP contribution in [-0.2, 0) is 20.8 Å². The van der Waals surface area contributed by atoms with Crippen LogP contribution in [0.1, 0.15) is 99.2 Å². The SMILES string of the molecule is NC1=N[C@H](/C(=C\C(=O)O)[C@H](Nc2ccc[nH]2)[C@H]2CC[C@@H]3c4cc5ccc(CC=O)cc5cc4[C@@H]4[C@H]2[C@H]3C=C[C@H]4CCCCC[C@H](C=O)CCCO)[C@H]2CC[C@](O)(CO)[C@@H](O)[C@H]2N1. The number of aliphatic carboxylic acids is 1. The number of aliphatic imine (C=N–C) groups is 1. The number of anilines is 1. The van der Waals surface area contributed by atoms with Crippen LogP contribution in [0.25, 0.3) is 10.8 Å². The monoisotopic (exact) mass is 849 g/mol. The Morgan fingerprint density at radius 3 is 2.56 bits per heavy atom. The van der Waals surface area contributed by atoms with E-state index < -0.39 is 48.3 Å². The van der Waals surface area contributed by atoms with E-state index in [1.54, 1.807) is 0 Å². The van der Waals surface area contributed by atoms with E-state index in [9.17, 15) is 39.9 Å². The number of aliphatic hydroxyl groups excluding tert-OH is 3. The van der Waals surface area contributed by atoms with E-state index >= 15 is 0 Å². The van der Waals surface area contributed by atoms with Crippen molar-refractivity contribution in [3.05, 3.63) is 89.2 Å². The van der Waals surface area contributed by atoms with Gasteiger partial charge in [-0.25, -0.2) is 9.79 Å². The van der Waals surface area contributed by atoms with E-state index in [1.807, 2.05) is 24.4 Å². The summed E-state index contributed by atoms with van der Waals surface area (Å²) in [4.78, 5) is 44.5. The summed E-state index contributed by atoms with van der Waals surface area (Å²) in [6.07, 6.45) is 17.1. The molecule has 1 aromatic heterocycles. The molecule has 13 nitrogen and oxygen atoms in total. The Morgan fingerprint density at radius 1 is 1.00 bits per heavy atom. The molecule has 2 aromatic carbocycles. The highest BCUT2D eigenvalue weighted by Gasteiger charge is 2.56. The van der Waals surface area contributed by atoms with Gasteiger partial charge in [0.05, 0.1) is 24.7 Å². The maximum atomic E-state index is 13.0. The lowest BCUT2D eigenvalue weighted by Gasteiger charge is -2.57. The van der Waals surface area contributed by atoms with E-state index in [0.29, 0.717) is 31.3 Å². The smallest absolute Gasteiger partial charge is 0.328 e. The number of nitrogens with one attached hydrogen (secondary N) is 3. The first-order chi connectivity index (χ1) is 30.1. The number of carbonyl (C=O) groups is 3. The normalized spacial score (nSPS) is 32.1. The molecule has 0 radical (unpaired) electrons. The topological polar surface area (TPSA) is 231 Å². The fourth-order valence-corrected chi connectivity index (χ4v) is 12.4. The summed E-state index contributed by atoms with van der Waals surface area (Å²) in [6, 6.07) is 12.8. The molecular weight excluding hydrogens is 787 g/mol. The van der Waals surface area contributed by atoms with Crippen molar-refractivity contribution in [3.63, 3.8) is 0 Å². The number of fused-ring (bicyclic) bond motifs is 5. The van der Waals surface area contributed by atoms with Gasteiger partial charge in [0.1, 0.15) is 30.1 Å². The van der Waals surface area contributed by atoms with Crippen LogP contribution in [0.2, 0.25) is 0 Å². The van der Waals surface area contributed by atoms with E-state index in [0.717, 1.165) is 79.7 Å². The summed E-state index contributed by atoms with van der Waals surface area (Å²) < 4.78 is 0. The van der Waals surface area contributed by atoms with Crippen LogP contribution in [-0.4, -0.2) is 98.1 Å². The van der Waals surface area contributed by atoms with Crippen molar-refractivity contribution in [2.24, 2.45) is 46.2 Å². The second-order valence-corrected chi connectivity index (χ2v) is 18.7. The largest absolute Gasteiger partial charge is 0.478 e. The molecule has 13 atom stereocenters. The van der Waals surface area contributed by atoms with Crippen LogP contribution in [0, 0.1) is 35.5 Å². The molecule has 3 aromatic rings. The molecule has 4 bridgehead atoms. The number of carboxylic acid groups (broad SMARTS) is 1. The molecule has 8 rings (SSSR count). The van der Waals surface area contributed by atoms with Gasteiger partial charge in [-0.2, -0.15) is 0 Å². The van der Waals surface area contributed by atoms with Gasteiger partial charge < -0.3 is 56.5 Å². The molecule has 2 fully saturated rings. The Morgan fingerprint density at radius 2 is 1.82 bits per heavy atom. The first-order valence-electron chi connectivity index (χ1n) is 22.8. The first kappa shape index (κ1) is 43.8. The number of nitrogens with zero attached hydrogens (tertiary/aromatic N) is 1. The summed E-state index contributed by atoms with van der Waals surface area (Å²) in [5, 5.41) is 61.8. The van der Waals surface area contributed by atoms with E-state index in [1.165, 1.54) is 17.2 Å². The summed E-state index contributed by atoms with van der Waals surface area (Å²) in [6.45, 7) is -0.538. The minimum Gasteiger partial charge on any atom is -0.478 e. The number of benzene rings is 2. The lowest BCUT2D eigenvalue weighted by Crippen LogP contribution is -2.67. The van der Waals surface area contributed by atoms with Gasteiger partial charge in [0.15, 0.2) is 5.96 Å². The number of aldehydes is 2. The third-order valence-electron chi connectivity index (χ3n) is 15.3. The molecule has 0 spiro atoms. The number of aromatic amines is 1. The summed E-state index contributed by atoms with van der Waals surface area (Å²) >= 11 is 0. The molecule has 332 valence electrons. The number of carboxylic acids is 1. The fraction of sp³-hybridized carbons (Fsp3) is 0.551. The lowest BCUT2D eigenvalue weighted by molar-refractivity contribution is -0.149. The number of carbonyl (C=O) groups excluding carboxylic acids is 2. The number of unbranched alkanes of at least 4 members (excludes halogenated alkanes) is 2. The van der Waals surface area contributed by atoms with E-state index in [2.05, 4.69) is 52.0 Å². The molecule has 5 aliphatic rings. The Labute approximate surface area is 363 Å². The number of aromatic nitrogens is 1. The fourth-order valence-electron chi connectivity index (χ4n) is 12.4. The molecule has 2 heterocycles. The lowest BCUT2D eigenvalue weighted by atomic mass is 9.48. The molecular formula is C49H63N5O8. The third kappa shape index (κ3) is 8.61. The number of aliphatic hydroxyl groups is 4. The molecule has 4 aliphatic carbocycles. The van der Waals surface area contributed by atoms with Gasteiger partial charge >= 0.3 is 5.97 Å². The molecule has 0 unspecified atom stereocenters. The van der Waals surface area contributed by atoms with Crippen molar-refractivity contribution in [1.29, 1.82) is 0 Å². The van der Waals surface area contributed by atoms with Crippen molar-refractivity contribution in [2.45, 2.75) is 119 Å². The molecule has 10 N–H and O–H groups in total. The van der Waals surface area contributed by atoms with Crippen LogP contribution < -0.4 is 16.4 Å². The van der Waals surface area contributed by atoms with Crippen LogP contribution in [0.15, 0.2) is 77.5 Å². The highest BCUT2D eigenvalue weighted by atomic mass is 16.4. The predicted octanol–water partition coefficient (Wildman–Crippen LogP) is 5.10. The van der Waals surface area contributed by atoms with Gasteiger partial charge in [0, 0.05) is 37.1 Å². The number of guanidine groups is 1. The number of rotatable bonds is 19. The van der Waals surface area contributed by atoms with Crippen molar-refractivity contribution >= 4 is 41.1 Å². The zero-order valence-electron chi connectivity index (χ0n) is 35.3. The Kier molecular flexibility index (Phi) is 13.3. The molecule has 62 heavy (non-hydrogen) atoms. The Balaban J connectivity index is 1.20. The number of H-pyrrole nitrogens is 1. The molecule has 13 heteroatoms. The molecule has 1 aliphatic heterocycles. The maximum Gasteiger partial charge on any atom is 0.328 e. The second-order valence-electron chi connectivity index (χ2n) is 18.7. The van der Waals surface area contributed by atoms with Crippen molar-refractivity contribution in [3.8, 4) is 0 Å². The average molecular weight is 850 g/mol. The number of hydrogen-bond acceptors (Lipinski definition) is 11.